The second-order valence-electron chi connectivity index (χ2n) is 4.35. The Labute approximate surface area is 117 Å². The smallest absolute Gasteiger partial charge is 0.323 e. The molecule has 0 radical (unpaired) electrons. The molecule has 0 spiro atoms. The van der Waals surface area contributed by atoms with Crippen LogP contribution in [0.3, 0.4) is 0 Å². The quantitative estimate of drug-likeness (QED) is 0.891. The fourth-order valence-electron chi connectivity index (χ4n) is 1.69. The van der Waals surface area contributed by atoms with Crippen molar-refractivity contribution in [3.8, 4) is 5.75 Å². The van der Waals surface area contributed by atoms with Crippen LogP contribution in [-0.2, 0) is 6.54 Å². The number of carbonyl (C=O) groups excluding carboxylic acids is 1. The number of nitrogens with one attached hydrogen (secondary N) is 2. The first-order chi connectivity index (χ1) is 9.60. The third kappa shape index (κ3) is 3.25. The number of carbonyl (C=O) groups is 1. The summed E-state index contributed by atoms with van der Waals surface area (Å²) in [6.07, 6.45) is 3.32. The number of aromatic nitrogens is 3. The average Bonchev–Trinajstić information content (AvgIpc) is 2.84. The van der Waals surface area contributed by atoms with Crippen LogP contribution in [0.1, 0.15) is 11.5 Å². The van der Waals surface area contributed by atoms with Crippen molar-refractivity contribution in [3.05, 3.63) is 36.0 Å². The summed E-state index contributed by atoms with van der Waals surface area (Å²) in [6.45, 7) is 2.30. The topological polar surface area (TPSA) is 83.1 Å². The number of rotatable bonds is 4. The Morgan fingerprint density at radius 1 is 1.50 bits per heavy atom. The van der Waals surface area contributed by atoms with Crippen LogP contribution in [0.4, 0.5) is 10.6 Å². The third-order valence-corrected chi connectivity index (χ3v) is 2.71. The van der Waals surface area contributed by atoms with Crippen molar-refractivity contribution in [1.82, 2.24) is 19.9 Å². The number of urea groups is 1. The summed E-state index contributed by atoms with van der Waals surface area (Å²) in [7, 11) is 3.21. The number of imidazole rings is 1. The van der Waals surface area contributed by atoms with Crippen molar-refractivity contribution < 1.29 is 9.53 Å². The molecule has 0 aliphatic carbocycles. The van der Waals surface area contributed by atoms with Crippen molar-refractivity contribution >= 4 is 11.8 Å². The molecule has 0 aromatic carbocycles. The summed E-state index contributed by atoms with van der Waals surface area (Å²) in [4.78, 5) is 24.9. The number of pyridine rings is 1. The molecule has 0 aliphatic rings. The van der Waals surface area contributed by atoms with E-state index >= 15 is 0 Å². The second-order valence-corrected chi connectivity index (χ2v) is 4.35. The summed E-state index contributed by atoms with van der Waals surface area (Å²) in [5.41, 5.74) is 0.959. The van der Waals surface area contributed by atoms with Gasteiger partial charge in [-0.1, -0.05) is 0 Å². The first kappa shape index (κ1) is 13.9. The van der Waals surface area contributed by atoms with E-state index in [9.17, 15) is 4.79 Å². The molecule has 7 nitrogen and oxygen atoms in total. The molecule has 2 heterocycles. The molecule has 20 heavy (non-hydrogen) atoms. The molecule has 2 amide bonds. The first-order valence-corrected chi connectivity index (χ1v) is 6.11. The highest BCUT2D eigenvalue weighted by molar-refractivity contribution is 5.89. The average molecular weight is 275 g/mol. The molecule has 2 rings (SSSR count). The lowest BCUT2D eigenvalue weighted by Crippen LogP contribution is -2.31. The zero-order valence-electron chi connectivity index (χ0n) is 11.7. The highest BCUT2D eigenvalue weighted by Gasteiger charge is 2.13. The normalized spacial score (nSPS) is 10.2. The van der Waals surface area contributed by atoms with Gasteiger partial charge in [0.25, 0.3) is 0 Å². The Bertz CT molecular complexity index is 596. The van der Waals surface area contributed by atoms with E-state index in [-0.39, 0.29) is 6.03 Å². The minimum Gasteiger partial charge on any atom is -0.493 e. The van der Waals surface area contributed by atoms with E-state index in [1.807, 2.05) is 6.92 Å². The van der Waals surface area contributed by atoms with E-state index < -0.39 is 0 Å². The van der Waals surface area contributed by atoms with Crippen molar-refractivity contribution in [2.75, 3.05) is 19.5 Å². The molecule has 2 aromatic rings. The lowest BCUT2D eigenvalue weighted by molar-refractivity contribution is 0.219. The summed E-state index contributed by atoms with van der Waals surface area (Å²) in [6, 6.07) is 3.19. The number of methoxy groups -OCH3 is 1. The highest BCUT2D eigenvalue weighted by atomic mass is 16.5. The minimum absolute atomic E-state index is 0.281. The number of nitrogens with zero attached hydrogens (tertiary/aromatic N) is 3. The molecular weight excluding hydrogens is 258 g/mol. The molecule has 0 saturated carbocycles. The molecule has 2 N–H and O–H groups in total. The predicted octanol–water partition coefficient (Wildman–Crippen LogP) is 1.79. The maximum atomic E-state index is 12.1. The van der Waals surface area contributed by atoms with Gasteiger partial charge in [-0.25, -0.2) is 14.8 Å². The summed E-state index contributed by atoms with van der Waals surface area (Å²) in [5.74, 6) is 1.64. The largest absolute Gasteiger partial charge is 0.493 e. The Morgan fingerprint density at radius 2 is 2.30 bits per heavy atom. The van der Waals surface area contributed by atoms with E-state index in [1.54, 1.807) is 31.6 Å². The van der Waals surface area contributed by atoms with E-state index in [1.165, 1.54) is 12.0 Å². The van der Waals surface area contributed by atoms with Gasteiger partial charge in [0.2, 0.25) is 0 Å². The number of aromatic amines is 1. The molecule has 0 fully saturated rings. The Kier molecular flexibility index (Phi) is 4.19. The summed E-state index contributed by atoms with van der Waals surface area (Å²) < 4.78 is 5.13. The third-order valence-electron chi connectivity index (χ3n) is 2.71. The number of ether oxygens (including phenoxy) is 1. The maximum Gasteiger partial charge on any atom is 0.323 e. The zero-order valence-corrected chi connectivity index (χ0v) is 11.7. The number of anilines is 1. The monoisotopic (exact) mass is 275 g/mol. The molecule has 0 aliphatic heterocycles. The lowest BCUT2D eigenvalue weighted by atomic mass is 10.4. The van der Waals surface area contributed by atoms with Crippen LogP contribution in [0.5, 0.6) is 5.75 Å². The second kappa shape index (κ2) is 6.05. The van der Waals surface area contributed by atoms with E-state index in [0.717, 1.165) is 11.5 Å². The van der Waals surface area contributed by atoms with Gasteiger partial charge in [-0.05, 0) is 19.1 Å². The van der Waals surface area contributed by atoms with Crippen LogP contribution in [-0.4, -0.2) is 40.0 Å². The van der Waals surface area contributed by atoms with Crippen molar-refractivity contribution in [1.29, 1.82) is 0 Å². The van der Waals surface area contributed by atoms with Gasteiger partial charge >= 0.3 is 6.03 Å². The summed E-state index contributed by atoms with van der Waals surface area (Å²) >= 11 is 0. The zero-order chi connectivity index (χ0) is 14.5. The van der Waals surface area contributed by atoms with Gasteiger partial charge in [-0.3, -0.25) is 5.32 Å². The van der Waals surface area contributed by atoms with Gasteiger partial charge < -0.3 is 14.6 Å². The fourth-order valence-corrected chi connectivity index (χ4v) is 1.69. The molecule has 0 unspecified atom stereocenters. The fraction of sp³-hybridized carbons (Fsp3) is 0.308. The van der Waals surface area contributed by atoms with Gasteiger partial charge in [-0.15, -0.1) is 0 Å². The van der Waals surface area contributed by atoms with Crippen LogP contribution >= 0.6 is 0 Å². The molecule has 7 heteroatoms. The Morgan fingerprint density at radius 3 is 2.95 bits per heavy atom. The van der Waals surface area contributed by atoms with Crippen LogP contribution in [0.15, 0.2) is 24.5 Å². The number of H-pyrrole nitrogens is 1. The van der Waals surface area contributed by atoms with E-state index in [2.05, 4.69) is 20.3 Å². The number of aryl methyl sites for hydroxylation is 1. The molecule has 0 bridgehead atoms. The van der Waals surface area contributed by atoms with Gasteiger partial charge in [0, 0.05) is 25.1 Å². The SMILES string of the molecule is COc1cccnc1NC(=O)N(C)Cc1ncc(C)[nH]1. The van der Waals surface area contributed by atoms with Crippen molar-refractivity contribution in [3.63, 3.8) is 0 Å². The standard InChI is InChI=1S/C13H17N5O2/c1-9-7-15-11(16-9)8-18(2)13(19)17-12-10(20-3)5-4-6-14-12/h4-7H,8H2,1-3H3,(H,15,16)(H,14,17,19). The lowest BCUT2D eigenvalue weighted by Gasteiger charge is -2.17. The molecule has 0 saturated heterocycles. The van der Waals surface area contributed by atoms with Crippen LogP contribution < -0.4 is 10.1 Å². The van der Waals surface area contributed by atoms with Crippen LogP contribution in [0, 0.1) is 6.92 Å². The summed E-state index contributed by atoms with van der Waals surface area (Å²) in [5, 5.41) is 2.70. The van der Waals surface area contributed by atoms with Gasteiger partial charge in [0.1, 0.15) is 5.82 Å². The van der Waals surface area contributed by atoms with Gasteiger partial charge in [0.15, 0.2) is 11.6 Å². The van der Waals surface area contributed by atoms with Gasteiger partial charge in [-0.2, -0.15) is 0 Å². The highest BCUT2D eigenvalue weighted by Crippen LogP contribution is 2.20. The van der Waals surface area contributed by atoms with E-state index in [4.69, 9.17) is 4.74 Å². The maximum absolute atomic E-state index is 12.1. The number of amides is 2. The molecule has 106 valence electrons. The number of hydrogen-bond donors (Lipinski definition) is 2. The Balaban J connectivity index is 2.00. The van der Waals surface area contributed by atoms with Crippen molar-refractivity contribution in [2.45, 2.75) is 13.5 Å². The molecule has 0 atom stereocenters. The Hall–Kier alpha value is -2.57. The minimum atomic E-state index is -0.281. The number of hydrogen-bond acceptors (Lipinski definition) is 4. The predicted molar refractivity (Wildman–Crippen MR) is 74.6 cm³/mol. The van der Waals surface area contributed by atoms with E-state index in [0.29, 0.717) is 18.1 Å². The first-order valence-electron chi connectivity index (χ1n) is 6.11. The van der Waals surface area contributed by atoms with Crippen LogP contribution in [0.2, 0.25) is 0 Å². The molecular formula is C13H17N5O2. The molecule has 2 aromatic heterocycles. The van der Waals surface area contributed by atoms with Crippen molar-refractivity contribution in [2.24, 2.45) is 0 Å². The van der Waals surface area contributed by atoms with Crippen LogP contribution in [0.25, 0.3) is 0 Å². The van der Waals surface area contributed by atoms with Gasteiger partial charge in [0.05, 0.1) is 13.7 Å².